The summed E-state index contributed by atoms with van der Waals surface area (Å²) < 4.78 is 5.09. The van der Waals surface area contributed by atoms with Gasteiger partial charge in [0.1, 0.15) is 5.76 Å². The lowest BCUT2D eigenvalue weighted by Gasteiger charge is -2.20. The first kappa shape index (κ1) is 8.56. The maximum Gasteiger partial charge on any atom is 0.284 e. The standard InChI is InChI=1S/C9H14N2O2/c1-2-10-6-4-3-5-7-8(6)9(12)11-13-7/h6,10H,2-5H2,1H3,(H,11,12)/t6-/m0/s1. The zero-order chi connectivity index (χ0) is 9.26. The minimum atomic E-state index is -0.0688. The van der Waals surface area contributed by atoms with Gasteiger partial charge in [0, 0.05) is 12.5 Å². The Bertz CT molecular complexity index is 340. The molecule has 0 radical (unpaired) electrons. The predicted molar refractivity (Wildman–Crippen MR) is 48.7 cm³/mol. The summed E-state index contributed by atoms with van der Waals surface area (Å²) in [6.07, 6.45) is 3.00. The maximum absolute atomic E-state index is 11.4. The second kappa shape index (κ2) is 3.38. The van der Waals surface area contributed by atoms with Crippen LogP contribution in [0.4, 0.5) is 0 Å². The zero-order valence-corrected chi connectivity index (χ0v) is 7.72. The summed E-state index contributed by atoms with van der Waals surface area (Å²) >= 11 is 0. The third-order valence-electron chi connectivity index (χ3n) is 2.51. The van der Waals surface area contributed by atoms with E-state index >= 15 is 0 Å². The predicted octanol–water partition coefficient (Wildman–Crippen LogP) is 0.955. The fraction of sp³-hybridized carbons (Fsp3) is 0.667. The van der Waals surface area contributed by atoms with E-state index < -0.39 is 0 Å². The van der Waals surface area contributed by atoms with Crippen molar-refractivity contribution >= 4 is 0 Å². The molecule has 0 amide bonds. The number of aromatic nitrogens is 1. The summed E-state index contributed by atoms with van der Waals surface area (Å²) in [7, 11) is 0. The number of hydrogen-bond acceptors (Lipinski definition) is 3. The molecular formula is C9H14N2O2. The van der Waals surface area contributed by atoms with Crippen LogP contribution in [0.5, 0.6) is 0 Å². The molecule has 4 heteroatoms. The Labute approximate surface area is 76.3 Å². The minimum absolute atomic E-state index is 0.0688. The molecule has 2 rings (SSSR count). The molecule has 0 saturated carbocycles. The number of H-pyrrole nitrogens is 1. The van der Waals surface area contributed by atoms with Crippen LogP contribution in [0, 0.1) is 0 Å². The van der Waals surface area contributed by atoms with Crippen LogP contribution in [0.25, 0.3) is 0 Å². The molecule has 1 atom stereocenters. The molecule has 4 nitrogen and oxygen atoms in total. The lowest BCUT2D eigenvalue weighted by molar-refractivity contribution is 0.354. The van der Waals surface area contributed by atoms with Gasteiger partial charge in [0.25, 0.3) is 5.56 Å². The van der Waals surface area contributed by atoms with Crippen LogP contribution < -0.4 is 10.9 Å². The number of aryl methyl sites for hydroxylation is 1. The van der Waals surface area contributed by atoms with Crippen molar-refractivity contribution in [1.82, 2.24) is 10.5 Å². The van der Waals surface area contributed by atoms with Gasteiger partial charge in [-0.25, -0.2) is 0 Å². The molecule has 1 heterocycles. The Morgan fingerprint density at radius 3 is 3.31 bits per heavy atom. The highest BCUT2D eigenvalue weighted by Gasteiger charge is 2.25. The Morgan fingerprint density at radius 2 is 2.54 bits per heavy atom. The first-order valence-corrected chi connectivity index (χ1v) is 4.76. The monoisotopic (exact) mass is 182 g/mol. The van der Waals surface area contributed by atoms with Crippen LogP contribution >= 0.6 is 0 Å². The van der Waals surface area contributed by atoms with Gasteiger partial charge in [-0.05, 0) is 19.4 Å². The molecule has 2 N–H and O–H groups in total. The molecular weight excluding hydrogens is 168 g/mol. The van der Waals surface area contributed by atoms with Crippen LogP contribution in [0.2, 0.25) is 0 Å². The van der Waals surface area contributed by atoms with Gasteiger partial charge in [-0.2, -0.15) is 5.16 Å². The van der Waals surface area contributed by atoms with Gasteiger partial charge < -0.3 is 9.84 Å². The van der Waals surface area contributed by atoms with E-state index in [0.29, 0.717) is 0 Å². The van der Waals surface area contributed by atoms with E-state index in [1.807, 2.05) is 6.92 Å². The maximum atomic E-state index is 11.4. The van der Waals surface area contributed by atoms with E-state index in [1.54, 1.807) is 0 Å². The van der Waals surface area contributed by atoms with Crippen molar-refractivity contribution in [2.24, 2.45) is 0 Å². The van der Waals surface area contributed by atoms with Crippen molar-refractivity contribution < 1.29 is 4.52 Å². The molecule has 1 aromatic heterocycles. The molecule has 0 fully saturated rings. The topological polar surface area (TPSA) is 58.0 Å². The van der Waals surface area contributed by atoms with Crippen LogP contribution in [-0.2, 0) is 6.42 Å². The van der Waals surface area contributed by atoms with Gasteiger partial charge in [0.05, 0.1) is 5.56 Å². The number of rotatable bonds is 2. The fourth-order valence-electron chi connectivity index (χ4n) is 1.94. The highest BCUT2D eigenvalue weighted by atomic mass is 16.5. The summed E-state index contributed by atoms with van der Waals surface area (Å²) in [5, 5.41) is 5.68. The lowest BCUT2D eigenvalue weighted by Crippen LogP contribution is -2.28. The number of aromatic amines is 1. The van der Waals surface area contributed by atoms with Crippen molar-refractivity contribution in [2.45, 2.75) is 32.2 Å². The highest BCUT2D eigenvalue weighted by molar-refractivity contribution is 5.21. The molecule has 1 aromatic rings. The Morgan fingerprint density at radius 1 is 1.69 bits per heavy atom. The largest absolute Gasteiger partial charge is 0.383 e. The molecule has 0 aromatic carbocycles. The quantitative estimate of drug-likeness (QED) is 0.716. The smallest absolute Gasteiger partial charge is 0.284 e. The summed E-state index contributed by atoms with van der Waals surface area (Å²) in [5.41, 5.74) is 0.744. The van der Waals surface area contributed by atoms with Crippen molar-refractivity contribution in [1.29, 1.82) is 0 Å². The molecule has 0 aliphatic heterocycles. The molecule has 0 unspecified atom stereocenters. The Balaban J connectivity index is 2.35. The first-order valence-electron chi connectivity index (χ1n) is 4.76. The van der Waals surface area contributed by atoms with E-state index in [-0.39, 0.29) is 11.6 Å². The highest BCUT2D eigenvalue weighted by Crippen LogP contribution is 2.26. The van der Waals surface area contributed by atoms with E-state index in [4.69, 9.17) is 4.52 Å². The van der Waals surface area contributed by atoms with Gasteiger partial charge in [0.2, 0.25) is 0 Å². The van der Waals surface area contributed by atoms with Crippen LogP contribution in [0.3, 0.4) is 0 Å². The Hall–Kier alpha value is -1.03. The zero-order valence-electron chi connectivity index (χ0n) is 7.72. The average Bonchev–Trinajstić information content (AvgIpc) is 2.50. The third-order valence-corrected chi connectivity index (χ3v) is 2.51. The van der Waals surface area contributed by atoms with Crippen molar-refractivity contribution in [2.75, 3.05) is 6.54 Å². The van der Waals surface area contributed by atoms with Crippen LogP contribution in [-0.4, -0.2) is 11.7 Å². The number of fused-ring (bicyclic) bond motifs is 1. The minimum Gasteiger partial charge on any atom is -0.383 e. The van der Waals surface area contributed by atoms with Gasteiger partial charge in [-0.1, -0.05) is 6.92 Å². The van der Waals surface area contributed by atoms with E-state index in [9.17, 15) is 4.79 Å². The van der Waals surface area contributed by atoms with E-state index in [1.165, 1.54) is 0 Å². The van der Waals surface area contributed by atoms with Crippen molar-refractivity contribution in [3.8, 4) is 0 Å². The SMILES string of the molecule is CCN[C@H]1CCCc2o[nH]c(=O)c21. The van der Waals surface area contributed by atoms with E-state index in [2.05, 4.69) is 10.5 Å². The molecule has 1 aliphatic carbocycles. The normalized spacial score (nSPS) is 21.5. The molecule has 72 valence electrons. The molecule has 0 spiro atoms. The molecule has 0 saturated heterocycles. The summed E-state index contributed by atoms with van der Waals surface area (Å²) in [6, 6.07) is 0.191. The summed E-state index contributed by atoms with van der Waals surface area (Å²) in [5.74, 6) is 0.835. The third kappa shape index (κ3) is 1.42. The summed E-state index contributed by atoms with van der Waals surface area (Å²) in [4.78, 5) is 11.4. The fourth-order valence-corrected chi connectivity index (χ4v) is 1.94. The second-order valence-electron chi connectivity index (χ2n) is 3.37. The molecule has 13 heavy (non-hydrogen) atoms. The number of nitrogens with one attached hydrogen (secondary N) is 2. The summed E-state index contributed by atoms with van der Waals surface area (Å²) in [6.45, 7) is 2.93. The average molecular weight is 182 g/mol. The van der Waals surface area contributed by atoms with Gasteiger partial charge in [-0.15, -0.1) is 0 Å². The van der Waals surface area contributed by atoms with Crippen LogP contribution in [0.1, 0.15) is 37.1 Å². The van der Waals surface area contributed by atoms with Crippen molar-refractivity contribution in [3.63, 3.8) is 0 Å². The van der Waals surface area contributed by atoms with E-state index in [0.717, 1.165) is 37.1 Å². The molecule has 1 aliphatic rings. The lowest BCUT2D eigenvalue weighted by atomic mass is 9.93. The van der Waals surface area contributed by atoms with Gasteiger partial charge in [-0.3, -0.25) is 4.79 Å². The van der Waals surface area contributed by atoms with Crippen LogP contribution in [0.15, 0.2) is 9.32 Å². The first-order chi connectivity index (χ1) is 6.33. The van der Waals surface area contributed by atoms with Gasteiger partial charge in [0.15, 0.2) is 0 Å². The molecule has 0 bridgehead atoms. The number of hydrogen-bond donors (Lipinski definition) is 2. The van der Waals surface area contributed by atoms with Crippen molar-refractivity contribution in [3.05, 3.63) is 21.7 Å². The Kier molecular flexibility index (Phi) is 2.22. The van der Waals surface area contributed by atoms with Gasteiger partial charge >= 0.3 is 0 Å². The second-order valence-corrected chi connectivity index (χ2v) is 3.37.